The minimum atomic E-state index is -0.253. The monoisotopic (exact) mass is 471 g/mol. The first kappa shape index (κ1) is 24.1. The van der Waals surface area contributed by atoms with Gasteiger partial charge in [0, 0.05) is 30.6 Å². The van der Waals surface area contributed by atoms with Crippen LogP contribution in [0.15, 0.2) is 48.8 Å². The van der Waals surface area contributed by atoms with Gasteiger partial charge in [0.05, 0.1) is 10.7 Å². The zero-order chi connectivity index (χ0) is 23.1. The third kappa shape index (κ3) is 6.26. The molecule has 0 fully saturated rings. The van der Waals surface area contributed by atoms with Crippen LogP contribution in [-0.4, -0.2) is 27.8 Å². The van der Waals surface area contributed by atoms with Gasteiger partial charge in [-0.2, -0.15) is 0 Å². The number of benzene rings is 1. The highest BCUT2D eigenvalue weighted by atomic mass is 35.5. The summed E-state index contributed by atoms with van der Waals surface area (Å²) < 4.78 is 8.94. The Morgan fingerprint density at radius 3 is 2.50 bits per heavy atom. The molecule has 0 aliphatic heterocycles. The maximum Gasteiger partial charge on any atom is 0.233 e. The van der Waals surface area contributed by atoms with Gasteiger partial charge in [-0.1, -0.05) is 63.4 Å². The number of hydrogen-bond acceptors (Lipinski definition) is 7. The summed E-state index contributed by atoms with van der Waals surface area (Å²) >= 11 is 7.95. The van der Waals surface area contributed by atoms with Gasteiger partial charge in [0.1, 0.15) is 18.2 Å². The fraction of sp³-hybridized carbons (Fsp3) is 0.375. The smallest absolute Gasteiger partial charge is 0.233 e. The molecular weight excluding hydrogens is 442 g/mol. The number of nitrogens with one attached hydrogen (secondary N) is 2. The molecule has 0 aliphatic carbocycles. The lowest BCUT2D eigenvalue weighted by atomic mass is 9.79. The zero-order valence-corrected chi connectivity index (χ0v) is 20.7. The molecule has 0 radical (unpaired) electrons. The van der Waals surface area contributed by atoms with E-state index >= 15 is 0 Å². The number of aromatic nitrogens is 3. The summed E-state index contributed by atoms with van der Waals surface area (Å²) in [6.07, 6.45) is 5.55. The lowest BCUT2D eigenvalue weighted by Gasteiger charge is -2.26. The molecule has 0 unspecified atom stereocenters. The van der Waals surface area contributed by atoms with E-state index in [1.54, 1.807) is 6.20 Å². The molecule has 0 saturated heterocycles. The highest BCUT2D eigenvalue weighted by Crippen LogP contribution is 2.34. The van der Waals surface area contributed by atoms with Gasteiger partial charge in [-0.3, -0.25) is 4.72 Å². The van der Waals surface area contributed by atoms with Crippen LogP contribution in [0.3, 0.4) is 0 Å². The molecule has 0 saturated carbocycles. The van der Waals surface area contributed by atoms with Gasteiger partial charge < -0.3 is 10.1 Å². The molecule has 170 valence electrons. The molecule has 2 N–H and O–H groups in total. The Kier molecular flexibility index (Phi) is 8.21. The predicted molar refractivity (Wildman–Crippen MR) is 135 cm³/mol. The number of rotatable bonds is 10. The topological polar surface area (TPSA) is 72.0 Å². The lowest BCUT2D eigenvalue weighted by Crippen LogP contribution is -2.19. The van der Waals surface area contributed by atoms with Crippen molar-refractivity contribution in [2.45, 2.75) is 39.7 Å². The summed E-state index contributed by atoms with van der Waals surface area (Å²) in [5.74, 6) is 2.61. The Balaban J connectivity index is 1.68. The van der Waals surface area contributed by atoms with Crippen molar-refractivity contribution in [3.05, 3.63) is 70.6 Å². The molecule has 8 heteroatoms. The van der Waals surface area contributed by atoms with Crippen molar-refractivity contribution in [3.8, 4) is 5.75 Å². The largest absolute Gasteiger partial charge is 0.487 e. The van der Waals surface area contributed by atoms with E-state index < -0.39 is 0 Å². The van der Waals surface area contributed by atoms with Gasteiger partial charge in [0.25, 0.3) is 0 Å². The third-order valence-corrected chi connectivity index (χ3v) is 5.78. The first-order valence-electron chi connectivity index (χ1n) is 10.5. The van der Waals surface area contributed by atoms with Crippen molar-refractivity contribution >= 4 is 35.3 Å². The third-order valence-electron chi connectivity index (χ3n) is 5.11. The molecule has 2 aromatic heterocycles. The number of ether oxygens (including phenoxy) is 1. The molecule has 0 amide bonds. The summed E-state index contributed by atoms with van der Waals surface area (Å²) in [6, 6.07) is 12.0. The fourth-order valence-electron chi connectivity index (χ4n) is 3.12. The van der Waals surface area contributed by atoms with Gasteiger partial charge in [-0.25, -0.2) is 15.0 Å². The fourth-order valence-corrected chi connectivity index (χ4v) is 3.63. The van der Waals surface area contributed by atoms with Crippen LogP contribution >= 0.6 is 23.5 Å². The van der Waals surface area contributed by atoms with Gasteiger partial charge in [-0.15, -0.1) is 0 Å². The first-order valence-corrected chi connectivity index (χ1v) is 12.1. The zero-order valence-electron chi connectivity index (χ0n) is 19.1. The molecule has 3 rings (SSSR count). The van der Waals surface area contributed by atoms with Gasteiger partial charge in [0.15, 0.2) is 0 Å². The van der Waals surface area contributed by atoms with Crippen molar-refractivity contribution in [1.82, 2.24) is 15.0 Å². The van der Waals surface area contributed by atoms with E-state index in [2.05, 4.69) is 64.8 Å². The van der Waals surface area contributed by atoms with Crippen molar-refractivity contribution in [2.24, 2.45) is 5.92 Å². The standard InChI is InChI=1S/C24H30ClN5OS/c1-16(2)13-27-22-21(25)12-18(14-28-22)24(3,4)17-6-8-20(9-7-17)31-15-19-10-11-26-23(29-19)30-32-5/h6-12,14,16H,13,15H2,1-5H3,(H,27,28)(H,26,29,30). The van der Waals surface area contributed by atoms with Gasteiger partial charge in [0.2, 0.25) is 5.95 Å². The highest BCUT2D eigenvalue weighted by Gasteiger charge is 2.24. The molecule has 32 heavy (non-hydrogen) atoms. The lowest BCUT2D eigenvalue weighted by molar-refractivity contribution is 0.301. The van der Waals surface area contributed by atoms with Gasteiger partial charge >= 0.3 is 0 Å². The van der Waals surface area contributed by atoms with Crippen LogP contribution in [0.2, 0.25) is 5.02 Å². The molecule has 3 aromatic rings. The van der Waals surface area contributed by atoms with E-state index in [4.69, 9.17) is 16.3 Å². The normalized spacial score (nSPS) is 11.5. The minimum Gasteiger partial charge on any atom is -0.487 e. The Bertz CT molecular complexity index is 1030. The van der Waals surface area contributed by atoms with Crippen LogP contribution < -0.4 is 14.8 Å². The van der Waals surface area contributed by atoms with E-state index in [1.165, 1.54) is 11.9 Å². The second-order valence-corrected chi connectivity index (χ2v) is 9.46. The van der Waals surface area contributed by atoms with E-state index in [9.17, 15) is 0 Å². The van der Waals surface area contributed by atoms with Crippen LogP contribution in [-0.2, 0) is 12.0 Å². The Morgan fingerprint density at radius 2 is 1.84 bits per heavy atom. The molecule has 2 heterocycles. The summed E-state index contributed by atoms with van der Waals surface area (Å²) in [5.41, 5.74) is 2.77. The predicted octanol–water partition coefficient (Wildman–Crippen LogP) is 6.19. The first-order chi connectivity index (χ1) is 15.3. The van der Waals surface area contributed by atoms with Gasteiger partial charge in [-0.05, 0) is 41.3 Å². The SMILES string of the molecule is CSNc1nccc(COc2ccc(C(C)(C)c3cnc(NCC(C)C)c(Cl)c3)cc2)n1. The number of halogens is 1. The van der Waals surface area contributed by atoms with Crippen molar-refractivity contribution < 1.29 is 4.74 Å². The van der Waals surface area contributed by atoms with Crippen LogP contribution in [0.4, 0.5) is 11.8 Å². The van der Waals surface area contributed by atoms with Crippen LogP contribution in [0.5, 0.6) is 5.75 Å². The quantitative estimate of drug-likeness (QED) is 0.341. The Morgan fingerprint density at radius 1 is 1.09 bits per heavy atom. The van der Waals surface area contributed by atoms with E-state index in [1.807, 2.05) is 36.7 Å². The maximum absolute atomic E-state index is 6.50. The number of hydrogen-bond donors (Lipinski definition) is 2. The number of anilines is 2. The Labute approximate surface area is 199 Å². The van der Waals surface area contributed by atoms with Crippen molar-refractivity contribution in [1.29, 1.82) is 0 Å². The molecular formula is C24H30ClN5OS. The summed E-state index contributed by atoms with van der Waals surface area (Å²) in [5, 5.41) is 3.94. The molecule has 0 spiro atoms. The molecule has 0 aliphatic rings. The summed E-state index contributed by atoms with van der Waals surface area (Å²) in [7, 11) is 0. The van der Waals surface area contributed by atoms with Crippen LogP contribution in [0, 0.1) is 5.92 Å². The molecule has 6 nitrogen and oxygen atoms in total. The average molecular weight is 472 g/mol. The van der Waals surface area contributed by atoms with E-state index in [-0.39, 0.29) is 5.41 Å². The minimum absolute atomic E-state index is 0.253. The average Bonchev–Trinajstić information content (AvgIpc) is 2.77. The summed E-state index contributed by atoms with van der Waals surface area (Å²) in [6.45, 7) is 9.84. The molecule has 0 bridgehead atoms. The van der Waals surface area contributed by atoms with Crippen molar-refractivity contribution in [3.63, 3.8) is 0 Å². The molecule has 0 atom stereocenters. The molecule has 1 aromatic carbocycles. The summed E-state index contributed by atoms with van der Waals surface area (Å²) in [4.78, 5) is 13.1. The van der Waals surface area contributed by atoms with Crippen LogP contribution in [0.25, 0.3) is 0 Å². The van der Waals surface area contributed by atoms with Crippen LogP contribution in [0.1, 0.15) is 44.5 Å². The highest BCUT2D eigenvalue weighted by molar-refractivity contribution is 7.99. The Hall–Kier alpha value is -2.51. The number of pyridine rings is 1. The maximum atomic E-state index is 6.50. The van der Waals surface area contributed by atoms with Crippen molar-refractivity contribution in [2.75, 3.05) is 22.8 Å². The second-order valence-electron chi connectivity index (χ2n) is 8.44. The second kappa shape index (κ2) is 10.9. The number of nitrogens with zero attached hydrogens (tertiary/aromatic N) is 3. The van der Waals surface area contributed by atoms with E-state index in [0.717, 1.165) is 34.9 Å². The van der Waals surface area contributed by atoms with E-state index in [0.29, 0.717) is 23.5 Å².